The monoisotopic (exact) mass is 236 g/mol. The summed E-state index contributed by atoms with van der Waals surface area (Å²) in [5, 5.41) is 0.704. The van der Waals surface area contributed by atoms with Crippen molar-refractivity contribution in [3.63, 3.8) is 0 Å². The van der Waals surface area contributed by atoms with E-state index in [0.29, 0.717) is 5.02 Å². The minimum absolute atomic E-state index is 0.704. The number of rotatable bonds is 0. The van der Waals surface area contributed by atoms with Gasteiger partial charge in [0.05, 0.1) is 5.02 Å². The molecule has 54 valence electrons. The molecular formula is C7H6BrClS. The fourth-order valence-corrected chi connectivity index (χ4v) is 1.50. The summed E-state index contributed by atoms with van der Waals surface area (Å²) in [4.78, 5) is 0.910. The molecule has 0 amide bonds. The van der Waals surface area contributed by atoms with E-state index in [1.54, 1.807) is 0 Å². The zero-order valence-electron chi connectivity index (χ0n) is 5.36. The maximum atomic E-state index is 5.79. The van der Waals surface area contributed by atoms with Crippen molar-refractivity contribution in [1.29, 1.82) is 0 Å². The summed E-state index contributed by atoms with van der Waals surface area (Å²) < 4.78 is 0.873. The van der Waals surface area contributed by atoms with Gasteiger partial charge in [-0.15, -0.1) is 12.6 Å². The number of hydrogen-bond acceptors (Lipinski definition) is 1. The predicted molar refractivity (Wildman–Crippen MR) is 51.1 cm³/mol. The second-order valence-electron chi connectivity index (χ2n) is 2.03. The van der Waals surface area contributed by atoms with Crippen LogP contribution in [-0.2, 0) is 0 Å². The molecule has 0 fully saturated rings. The first-order valence-corrected chi connectivity index (χ1v) is 4.38. The Labute approximate surface area is 79.1 Å². The van der Waals surface area contributed by atoms with Gasteiger partial charge in [-0.2, -0.15) is 0 Å². The second-order valence-corrected chi connectivity index (χ2v) is 3.67. The molecule has 0 heterocycles. The van der Waals surface area contributed by atoms with Crippen LogP contribution in [0.4, 0.5) is 0 Å². The summed E-state index contributed by atoms with van der Waals surface area (Å²) in [7, 11) is 0. The van der Waals surface area contributed by atoms with Gasteiger partial charge in [0.2, 0.25) is 0 Å². The molecule has 0 aliphatic carbocycles. The van der Waals surface area contributed by atoms with Crippen LogP contribution in [0, 0.1) is 6.92 Å². The predicted octanol–water partition coefficient (Wildman–Crippen LogP) is 3.70. The first-order valence-electron chi connectivity index (χ1n) is 2.76. The largest absolute Gasteiger partial charge is 0.142 e. The molecule has 3 heteroatoms. The van der Waals surface area contributed by atoms with Gasteiger partial charge in [0.1, 0.15) is 0 Å². The second kappa shape index (κ2) is 3.16. The number of thiol groups is 1. The van der Waals surface area contributed by atoms with E-state index in [9.17, 15) is 0 Å². The van der Waals surface area contributed by atoms with Crippen LogP contribution in [0.5, 0.6) is 0 Å². The van der Waals surface area contributed by atoms with E-state index in [2.05, 4.69) is 28.6 Å². The average Bonchev–Trinajstić information content (AvgIpc) is 1.93. The molecule has 1 aromatic rings. The molecule has 0 aliphatic heterocycles. The van der Waals surface area contributed by atoms with Crippen molar-refractivity contribution in [2.75, 3.05) is 0 Å². The summed E-state index contributed by atoms with van der Waals surface area (Å²) in [6.07, 6.45) is 0. The van der Waals surface area contributed by atoms with Crippen molar-refractivity contribution in [3.05, 3.63) is 27.2 Å². The van der Waals surface area contributed by atoms with Crippen LogP contribution < -0.4 is 0 Å². The summed E-state index contributed by atoms with van der Waals surface area (Å²) in [5.41, 5.74) is 1.12. The van der Waals surface area contributed by atoms with Gasteiger partial charge in [-0.1, -0.05) is 17.7 Å². The van der Waals surface area contributed by atoms with Gasteiger partial charge in [-0.3, -0.25) is 0 Å². The molecule has 0 radical (unpaired) electrons. The Morgan fingerprint density at radius 2 is 2.10 bits per heavy atom. The van der Waals surface area contributed by atoms with Crippen LogP contribution in [0.2, 0.25) is 5.02 Å². The summed E-state index contributed by atoms with van der Waals surface area (Å²) in [6, 6.07) is 3.79. The van der Waals surface area contributed by atoms with Crippen molar-refractivity contribution in [1.82, 2.24) is 0 Å². The Kier molecular flexibility index (Phi) is 2.67. The van der Waals surface area contributed by atoms with Crippen LogP contribution in [0.25, 0.3) is 0 Å². The molecule has 0 saturated carbocycles. The Balaban J connectivity index is 3.34. The molecule has 0 bridgehead atoms. The fourth-order valence-electron chi connectivity index (χ4n) is 0.636. The molecule has 1 aromatic carbocycles. The van der Waals surface area contributed by atoms with Crippen LogP contribution in [-0.4, -0.2) is 0 Å². The lowest BCUT2D eigenvalue weighted by atomic mass is 10.2. The number of halogens is 2. The maximum absolute atomic E-state index is 5.79. The molecular weight excluding hydrogens is 232 g/mol. The van der Waals surface area contributed by atoms with E-state index < -0.39 is 0 Å². The van der Waals surface area contributed by atoms with E-state index in [0.717, 1.165) is 14.9 Å². The zero-order chi connectivity index (χ0) is 7.72. The molecule has 0 N–H and O–H groups in total. The van der Waals surface area contributed by atoms with Crippen LogP contribution in [0.3, 0.4) is 0 Å². The molecule has 0 nitrogen and oxygen atoms in total. The molecule has 10 heavy (non-hydrogen) atoms. The average molecular weight is 238 g/mol. The number of aryl methyl sites for hydroxylation is 1. The highest BCUT2D eigenvalue weighted by Crippen LogP contribution is 2.30. The lowest BCUT2D eigenvalue weighted by Gasteiger charge is -2.02. The topological polar surface area (TPSA) is 0 Å². The standard InChI is InChI=1S/C7H6BrClS/c1-4-2-3-5(9)6(8)7(4)10/h2-3,10H,1H3. The normalized spacial score (nSPS) is 10.0. The Bertz CT molecular complexity index is 233. The number of benzene rings is 1. The number of hydrogen-bond donors (Lipinski definition) is 1. The van der Waals surface area contributed by atoms with Crippen LogP contribution in [0.1, 0.15) is 5.56 Å². The van der Waals surface area contributed by atoms with E-state index in [1.165, 1.54) is 0 Å². The van der Waals surface area contributed by atoms with Gasteiger partial charge < -0.3 is 0 Å². The minimum Gasteiger partial charge on any atom is -0.142 e. The van der Waals surface area contributed by atoms with Gasteiger partial charge in [0.15, 0.2) is 0 Å². The summed E-state index contributed by atoms with van der Waals surface area (Å²) in [5.74, 6) is 0. The molecule has 0 aliphatic rings. The van der Waals surface area contributed by atoms with Crippen molar-refractivity contribution in [2.24, 2.45) is 0 Å². The Hall–Kier alpha value is 0.340. The third-order valence-corrected chi connectivity index (χ3v) is 3.52. The maximum Gasteiger partial charge on any atom is 0.0559 e. The third kappa shape index (κ3) is 1.49. The van der Waals surface area contributed by atoms with Crippen LogP contribution in [0.15, 0.2) is 21.5 Å². The first-order chi connectivity index (χ1) is 4.63. The smallest absolute Gasteiger partial charge is 0.0559 e. The van der Waals surface area contributed by atoms with Crippen molar-refractivity contribution in [3.8, 4) is 0 Å². The van der Waals surface area contributed by atoms with Gasteiger partial charge >= 0.3 is 0 Å². The lowest BCUT2D eigenvalue weighted by Crippen LogP contribution is -1.77. The van der Waals surface area contributed by atoms with Crippen LogP contribution >= 0.6 is 40.2 Å². The molecule has 0 atom stereocenters. The van der Waals surface area contributed by atoms with Gasteiger partial charge in [-0.25, -0.2) is 0 Å². The van der Waals surface area contributed by atoms with Crippen molar-refractivity contribution in [2.45, 2.75) is 11.8 Å². The van der Waals surface area contributed by atoms with E-state index in [1.807, 2.05) is 19.1 Å². The molecule has 0 saturated heterocycles. The SMILES string of the molecule is Cc1ccc(Cl)c(Br)c1S. The fraction of sp³-hybridized carbons (Fsp3) is 0.143. The van der Waals surface area contributed by atoms with E-state index >= 15 is 0 Å². The van der Waals surface area contributed by atoms with Gasteiger partial charge in [-0.05, 0) is 34.5 Å². The van der Waals surface area contributed by atoms with Crippen molar-refractivity contribution >= 4 is 40.2 Å². The first kappa shape index (κ1) is 8.44. The lowest BCUT2D eigenvalue weighted by molar-refractivity contribution is 1.28. The Morgan fingerprint density at radius 1 is 1.50 bits per heavy atom. The molecule has 1 rings (SSSR count). The molecule has 0 spiro atoms. The van der Waals surface area contributed by atoms with Gasteiger partial charge in [0, 0.05) is 9.37 Å². The summed E-state index contributed by atoms with van der Waals surface area (Å²) >= 11 is 13.4. The highest BCUT2D eigenvalue weighted by Gasteiger charge is 2.02. The third-order valence-electron chi connectivity index (χ3n) is 1.27. The van der Waals surface area contributed by atoms with Crippen molar-refractivity contribution < 1.29 is 0 Å². The quantitative estimate of drug-likeness (QED) is 0.654. The molecule has 0 aromatic heterocycles. The summed E-state index contributed by atoms with van der Waals surface area (Å²) in [6.45, 7) is 1.99. The highest BCUT2D eigenvalue weighted by atomic mass is 79.9. The minimum atomic E-state index is 0.704. The van der Waals surface area contributed by atoms with E-state index in [4.69, 9.17) is 11.6 Å². The molecule has 0 unspecified atom stereocenters. The zero-order valence-corrected chi connectivity index (χ0v) is 8.59. The highest BCUT2D eigenvalue weighted by molar-refractivity contribution is 9.10. The Morgan fingerprint density at radius 3 is 2.60 bits per heavy atom. The van der Waals surface area contributed by atoms with E-state index in [-0.39, 0.29) is 0 Å². The van der Waals surface area contributed by atoms with Gasteiger partial charge in [0.25, 0.3) is 0 Å².